The first kappa shape index (κ1) is 19.0. The number of benzene rings is 2. The zero-order valence-corrected chi connectivity index (χ0v) is 16.4. The lowest BCUT2D eigenvalue weighted by Crippen LogP contribution is -2.19. The number of ether oxygens (including phenoxy) is 1. The first-order valence-electron chi connectivity index (χ1n) is 9.08. The summed E-state index contributed by atoms with van der Waals surface area (Å²) in [6, 6.07) is 13.7. The van der Waals surface area contributed by atoms with Crippen LogP contribution in [0.1, 0.15) is 16.8 Å². The lowest BCUT2D eigenvalue weighted by atomic mass is 10.2. The quantitative estimate of drug-likeness (QED) is 0.627. The largest absolute Gasteiger partial charge is 0.457 e. The van der Waals surface area contributed by atoms with Crippen LogP contribution in [0.5, 0.6) is 11.5 Å². The van der Waals surface area contributed by atoms with Gasteiger partial charge >= 0.3 is 6.03 Å². The molecule has 1 aromatic heterocycles. The van der Waals surface area contributed by atoms with Gasteiger partial charge in [-0.2, -0.15) is 0 Å². The molecule has 0 aliphatic heterocycles. The fraction of sp³-hybridized carbons (Fsp3) is 0.136. The normalized spacial score (nSPS) is 12.4. The van der Waals surface area contributed by atoms with E-state index in [-0.39, 0.29) is 11.8 Å². The number of ketones is 1. The maximum absolute atomic E-state index is 12.2. The van der Waals surface area contributed by atoms with Gasteiger partial charge in [0.15, 0.2) is 0 Å². The molecule has 0 bridgehead atoms. The number of carbonyl (C=O) groups is 2. The second-order valence-electron chi connectivity index (χ2n) is 6.85. The molecule has 3 aromatic rings. The molecule has 2 aromatic carbocycles. The smallest absolute Gasteiger partial charge is 0.323 e. The number of aryl methyl sites for hydroxylation is 1. The molecule has 0 spiro atoms. The average Bonchev–Trinajstić information content (AvgIpc) is 3.03. The highest BCUT2D eigenvalue weighted by atomic mass is 35.5. The number of carbonyl (C=O) groups excluding carboxylic acids is 2. The van der Waals surface area contributed by atoms with Crippen molar-refractivity contribution >= 4 is 34.8 Å². The van der Waals surface area contributed by atoms with E-state index in [4.69, 9.17) is 16.3 Å². The van der Waals surface area contributed by atoms with E-state index in [1.54, 1.807) is 42.6 Å². The molecule has 29 heavy (non-hydrogen) atoms. The van der Waals surface area contributed by atoms with Crippen molar-refractivity contribution in [3.8, 4) is 11.5 Å². The Hall–Kier alpha value is -3.38. The maximum atomic E-state index is 12.2. The van der Waals surface area contributed by atoms with Crippen LogP contribution >= 0.6 is 11.6 Å². The molecule has 1 aliphatic carbocycles. The van der Waals surface area contributed by atoms with E-state index in [0.29, 0.717) is 40.7 Å². The van der Waals surface area contributed by atoms with Crippen LogP contribution in [-0.4, -0.2) is 16.8 Å². The molecule has 0 atom stereocenters. The van der Waals surface area contributed by atoms with Gasteiger partial charge in [-0.15, -0.1) is 0 Å². The van der Waals surface area contributed by atoms with Crippen molar-refractivity contribution in [3.63, 3.8) is 0 Å². The third-order valence-electron chi connectivity index (χ3n) is 4.48. The van der Waals surface area contributed by atoms with E-state index in [1.165, 1.54) is 0 Å². The van der Waals surface area contributed by atoms with E-state index in [2.05, 4.69) is 15.6 Å². The van der Waals surface area contributed by atoms with Crippen molar-refractivity contribution in [1.29, 1.82) is 0 Å². The maximum Gasteiger partial charge on any atom is 0.323 e. The van der Waals surface area contributed by atoms with E-state index in [0.717, 1.165) is 16.8 Å². The number of urea groups is 1. The standard InChI is InChI=1S/C22H18ClN3O3/c1-13-8-14(23)10-16(9-13)26-22(28)25-15-2-4-18(5-3-15)29-21-6-7-24-20-12-17(27)11-19(20)21/h2-10H,11-12H2,1H3,(H2,25,26,28). The summed E-state index contributed by atoms with van der Waals surface area (Å²) in [7, 11) is 0. The highest BCUT2D eigenvalue weighted by Crippen LogP contribution is 2.31. The highest BCUT2D eigenvalue weighted by molar-refractivity contribution is 6.31. The molecule has 1 aliphatic rings. The van der Waals surface area contributed by atoms with Crippen molar-refractivity contribution in [2.45, 2.75) is 19.8 Å². The van der Waals surface area contributed by atoms with E-state index in [9.17, 15) is 9.59 Å². The molecule has 4 rings (SSSR count). The number of hydrogen-bond acceptors (Lipinski definition) is 4. The Kier molecular flexibility index (Phi) is 5.18. The third-order valence-corrected chi connectivity index (χ3v) is 4.70. The predicted molar refractivity (Wildman–Crippen MR) is 112 cm³/mol. The number of fused-ring (bicyclic) bond motifs is 1. The summed E-state index contributed by atoms with van der Waals surface area (Å²) in [6.07, 6.45) is 2.35. The Labute approximate surface area is 172 Å². The van der Waals surface area contributed by atoms with Crippen LogP contribution < -0.4 is 15.4 Å². The molecular weight excluding hydrogens is 390 g/mol. The van der Waals surface area contributed by atoms with E-state index in [1.807, 2.05) is 19.1 Å². The molecule has 1 heterocycles. The van der Waals surface area contributed by atoms with Gasteiger partial charge in [0.05, 0.1) is 5.69 Å². The van der Waals surface area contributed by atoms with Crippen molar-refractivity contribution < 1.29 is 14.3 Å². The van der Waals surface area contributed by atoms with Crippen molar-refractivity contribution in [1.82, 2.24) is 4.98 Å². The van der Waals surface area contributed by atoms with Gasteiger partial charge in [-0.1, -0.05) is 11.6 Å². The number of anilines is 2. The van der Waals surface area contributed by atoms with Crippen molar-refractivity contribution in [2.24, 2.45) is 0 Å². The van der Waals surface area contributed by atoms with Gasteiger partial charge in [0.1, 0.15) is 17.3 Å². The summed E-state index contributed by atoms with van der Waals surface area (Å²) in [6.45, 7) is 1.90. The number of halogens is 1. The zero-order valence-electron chi connectivity index (χ0n) is 15.7. The molecule has 0 radical (unpaired) electrons. The number of nitrogens with one attached hydrogen (secondary N) is 2. The van der Waals surface area contributed by atoms with Crippen LogP contribution in [0.3, 0.4) is 0 Å². The Bertz CT molecular complexity index is 1080. The Morgan fingerprint density at radius 2 is 1.79 bits per heavy atom. The number of Topliss-reactive ketones (excluding diaryl/α,β-unsaturated/α-hetero) is 1. The van der Waals surface area contributed by atoms with Gasteiger partial charge in [-0.3, -0.25) is 9.78 Å². The highest BCUT2D eigenvalue weighted by Gasteiger charge is 2.23. The van der Waals surface area contributed by atoms with Crippen LogP contribution in [0, 0.1) is 6.92 Å². The topological polar surface area (TPSA) is 80.3 Å². The van der Waals surface area contributed by atoms with Crippen LogP contribution in [-0.2, 0) is 17.6 Å². The summed E-state index contributed by atoms with van der Waals surface area (Å²) < 4.78 is 5.92. The molecular formula is C22H18ClN3O3. The molecule has 146 valence electrons. The Morgan fingerprint density at radius 1 is 1.03 bits per heavy atom. The second kappa shape index (κ2) is 7.93. The second-order valence-corrected chi connectivity index (χ2v) is 7.29. The number of rotatable bonds is 4. The minimum atomic E-state index is -0.370. The molecule has 6 nitrogen and oxygen atoms in total. The average molecular weight is 408 g/mol. The van der Waals surface area contributed by atoms with Crippen molar-refractivity contribution in [3.05, 3.63) is 76.6 Å². The summed E-state index contributed by atoms with van der Waals surface area (Å²) in [5.41, 5.74) is 3.81. The minimum Gasteiger partial charge on any atom is -0.457 e. The van der Waals surface area contributed by atoms with Crippen LogP contribution in [0.2, 0.25) is 5.02 Å². The first-order valence-corrected chi connectivity index (χ1v) is 9.45. The minimum absolute atomic E-state index is 0.143. The zero-order chi connectivity index (χ0) is 20.4. The molecule has 2 N–H and O–H groups in total. The lowest BCUT2D eigenvalue weighted by Gasteiger charge is -2.11. The number of hydrogen-bond donors (Lipinski definition) is 2. The van der Waals surface area contributed by atoms with Gasteiger partial charge in [-0.25, -0.2) is 4.79 Å². The monoisotopic (exact) mass is 407 g/mol. The fourth-order valence-electron chi connectivity index (χ4n) is 3.23. The van der Waals surface area contributed by atoms with Crippen molar-refractivity contribution in [2.75, 3.05) is 10.6 Å². The van der Waals surface area contributed by atoms with Gasteiger partial charge < -0.3 is 15.4 Å². The SMILES string of the molecule is Cc1cc(Cl)cc(NC(=O)Nc2ccc(Oc3ccnc4c3CC(=O)C4)cc2)c1. The summed E-state index contributed by atoms with van der Waals surface area (Å²) in [5, 5.41) is 6.08. The summed E-state index contributed by atoms with van der Waals surface area (Å²) in [5.74, 6) is 1.38. The number of nitrogens with zero attached hydrogens (tertiary/aromatic N) is 1. The van der Waals surface area contributed by atoms with E-state index >= 15 is 0 Å². The third kappa shape index (κ3) is 4.55. The van der Waals surface area contributed by atoms with E-state index < -0.39 is 0 Å². The molecule has 2 amide bonds. The van der Waals surface area contributed by atoms with Crippen LogP contribution in [0.4, 0.5) is 16.2 Å². The van der Waals surface area contributed by atoms with Gasteiger partial charge in [0.25, 0.3) is 0 Å². The molecule has 7 heteroatoms. The fourth-order valence-corrected chi connectivity index (χ4v) is 3.52. The Balaban J connectivity index is 1.40. The Morgan fingerprint density at radius 3 is 2.55 bits per heavy atom. The lowest BCUT2D eigenvalue weighted by molar-refractivity contribution is -0.117. The van der Waals surface area contributed by atoms with Gasteiger partial charge in [-0.05, 0) is 61.0 Å². The van der Waals surface area contributed by atoms with Crippen LogP contribution in [0.15, 0.2) is 54.7 Å². The predicted octanol–water partition coefficient (Wildman–Crippen LogP) is 5.15. The number of amides is 2. The summed E-state index contributed by atoms with van der Waals surface area (Å²) in [4.78, 5) is 28.1. The first-order chi connectivity index (χ1) is 14.0. The molecule has 0 fully saturated rings. The van der Waals surface area contributed by atoms with Gasteiger partial charge in [0, 0.05) is 41.0 Å². The number of aromatic nitrogens is 1. The van der Waals surface area contributed by atoms with Crippen LogP contribution in [0.25, 0.3) is 0 Å². The van der Waals surface area contributed by atoms with Gasteiger partial charge in [0.2, 0.25) is 0 Å². The summed E-state index contributed by atoms with van der Waals surface area (Å²) >= 11 is 6.01. The molecule has 0 saturated heterocycles. The molecule has 0 unspecified atom stereocenters. The number of pyridine rings is 1. The molecule has 0 saturated carbocycles.